The molecular formula is C18H20FNO. The maximum absolute atomic E-state index is 13.9. The van der Waals surface area contributed by atoms with E-state index in [0.717, 1.165) is 17.5 Å². The van der Waals surface area contributed by atoms with Crippen molar-refractivity contribution in [3.05, 3.63) is 64.5 Å². The SMILES string of the molecule is CNCc1cccc(F)c1OCc1ccc2c(c1)CCC2. The van der Waals surface area contributed by atoms with Crippen LogP contribution in [0.5, 0.6) is 5.75 Å². The number of aryl methyl sites for hydroxylation is 2. The molecule has 0 heterocycles. The quantitative estimate of drug-likeness (QED) is 0.906. The Bertz CT molecular complexity index is 639. The predicted octanol–water partition coefficient (Wildman–Crippen LogP) is 3.61. The number of fused-ring (bicyclic) bond motifs is 1. The van der Waals surface area contributed by atoms with E-state index in [1.807, 2.05) is 13.1 Å². The molecule has 3 heteroatoms. The van der Waals surface area contributed by atoms with Crippen molar-refractivity contribution in [3.63, 3.8) is 0 Å². The van der Waals surface area contributed by atoms with Crippen LogP contribution in [0.1, 0.15) is 28.7 Å². The minimum atomic E-state index is -0.302. The zero-order chi connectivity index (χ0) is 14.7. The van der Waals surface area contributed by atoms with E-state index in [-0.39, 0.29) is 5.82 Å². The summed E-state index contributed by atoms with van der Waals surface area (Å²) in [5.74, 6) is 0.0521. The first-order valence-electron chi connectivity index (χ1n) is 7.43. The summed E-state index contributed by atoms with van der Waals surface area (Å²) in [6.45, 7) is 1.00. The van der Waals surface area contributed by atoms with Gasteiger partial charge in [-0.05, 0) is 49.1 Å². The number of ether oxygens (including phenoxy) is 1. The summed E-state index contributed by atoms with van der Waals surface area (Å²) in [4.78, 5) is 0. The normalized spacial score (nSPS) is 13.2. The first-order chi connectivity index (χ1) is 10.3. The number of rotatable bonds is 5. The summed E-state index contributed by atoms with van der Waals surface area (Å²) >= 11 is 0. The van der Waals surface area contributed by atoms with Gasteiger partial charge in [0, 0.05) is 12.1 Å². The summed E-state index contributed by atoms with van der Waals surface area (Å²) in [5.41, 5.74) is 4.81. The monoisotopic (exact) mass is 285 g/mol. The molecule has 1 aliphatic carbocycles. The maximum Gasteiger partial charge on any atom is 0.165 e. The average Bonchev–Trinajstić information content (AvgIpc) is 2.94. The van der Waals surface area contributed by atoms with Crippen molar-refractivity contribution in [2.24, 2.45) is 0 Å². The summed E-state index contributed by atoms with van der Waals surface area (Å²) in [6, 6.07) is 11.5. The molecule has 0 bridgehead atoms. The molecule has 0 unspecified atom stereocenters. The second-order valence-electron chi connectivity index (χ2n) is 5.50. The summed E-state index contributed by atoms with van der Waals surface area (Å²) in [5, 5.41) is 3.04. The number of nitrogens with one attached hydrogen (secondary N) is 1. The van der Waals surface area contributed by atoms with E-state index in [2.05, 4.69) is 23.5 Å². The van der Waals surface area contributed by atoms with Crippen molar-refractivity contribution in [3.8, 4) is 5.75 Å². The first kappa shape index (κ1) is 14.1. The van der Waals surface area contributed by atoms with Gasteiger partial charge in [0.15, 0.2) is 11.6 Å². The fraction of sp³-hybridized carbons (Fsp3) is 0.333. The van der Waals surface area contributed by atoms with Crippen molar-refractivity contribution >= 4 is 0 Å². The van der Waals surface area contributed by atoms with E-state index in [0.29, 0.717) is 18.9 Å². The first-order valence-corrected chi connectivity index (χ1v) is 7.43. The second kappa shape index (κ2) is 6.27. The molecule has 0 saturated carbocycles. The fourth-order valence-corrected chi connectivity index (χ4v) is 2.92. The Kier molecular flexibility index (Phi) is 4.20. The van der Waals surface area contributed by atoms with Crippen molar-refractivity contribution < 1.29 is 9.13 Å². The number of para-hydroxylation sites is 1. The molecule has 0 radical (unpaired) electrons. The number of halogens is 1. The minimum absolute atomic E-state index is 0.302. The Labute approximate surface area is 125 Å². The van der Waals surface area contributed by atoms with Crippen LogP contribution in [0.4, 0.5) is 4.39 Å². The highest BCUT2D eigenvalue weighted by Crippen LogP contribution is 2.26. The number of hydrogen-bond donors (Lipinski definition) is 1. The molecule has 0 aromatic heterocycles. The topological polar surface area (TPSA) is 21.3 Å². The molecule has 110 valence electrons. The zero-order valence-electron chi connectivity index (χ0n) is 12.3. The van der Waals surface area contributed by atoms with Crippen molar-refractivity contribution in [1.29, 1.82) is 0 Å². The second-order valence-corrected chi connectivity index (χ2v) is 5.50. The maximum atomic E-state index is 13.9. The van der Waals surface area contributed by atoms with E-state index in [1.165, 1.54) is 30.0 Å². The summed E-state index contributed by atoms with van der Waals surface area (Å²) < 4.78 is 19.7. The Hall–Kier alpha value is -1.87. The van der Waals surface area contributed by atoms with Crippen LogP contribution in [0.25, 0.3) is 0 Å². The van der Waals surface area contributed by atoms with Gasteiger partial charge in [0.2, 0.25) is 0 Å². The van der Waals surface area contributed by atoms with E-state index < -0.39 is 0 Å². The van der Waals surface area contributed by atoms with Gasteiger partial charge in [-0.1, -0.05) is 30.3 Å². The highest BCUT2D eigenvalue weighted by atomic mass is 19.1. The van der Waals surface area contributed by atoms with Gasteiger partial charge in [0.25, 0.3) is 0 Å². The predicted molar refractivity (Wildman–Crippen MR) is 82.0 cm³/mol. The lowest BCUT2D eigenvalue weighted by atomic mass is 10.1. The molecule has 0 spiro atoms. The Morgan fingerprint density at radius 2 is 2.00 bits per heavy atom. The van der Waals surface area contributed by atoms with Crippen molar-refractivity contribution in [2.75, 3.05) is 7.05 Å². The van der Waals surface area contributed by atoms with Crippen LogP contribution in [0.3, 0.4) is 0 Å². The molecule has 3 rings (SSSR count). The molecule has 0 aliphatic heterocycles. The molecule has 2 nitrogen and oxygen atoms in total. The highest BCUT2D eigenvalue weighted by Gasteiger charge is 2.12. The molecular weight excluding hydrogens is 265 g/mol. The highest BCUT2D eigenvalue weighted by molar-refractivity contribution is 5.37. The van der Waals surface area contributed by atoms with Gasteiger partial charge in [0.05, 0.1) is 0 Å². The zero-order valence-corrected chi connectivity index (χ0v) is 12.3. The largest absolute Gasteiger partial charge is 0.485 e. The van der Waals surface area contributed by atoms with Gasteiger partial charge in [-0.25, -0.2) is 4.39 Å². The molecule has 0 saturated heterocycles. The summed E-state index contributed by atoms with van der Waals surface area (Å²) in [7, 11) is 1.84. The average molecular weight is 285 g/mol. The van der Waals surface area contributed by atoms with Crippen LogP contribution in [0.15, 0.2) is 36.4 Å². The lowest BCUT2D eigenvalue weighted by molar-refractivity contribution is 0.286. The van der Waals surface area contributed by atoms with Crippen LogP contribution >= 0.6 is 0 Å². The summed E-state index contributed by atoms with van der Waals surface area (Å²) in [6.07, 6.45) is 3.56. The van der Waals surface area contributed by atoms with Crippen LogP contribution in [-0.2, 0) is 26.0 Å². The van der Waals surface area contributed by atoms with E-state index in [1.54, 1.807) is 6.07 Å². The van der Waals surface area contributed by atoms with Gasteiger partial charge in [-0.15, -0.1) is 0 Å². The lowest BCUT2D eigenvalue weighted by Crippen LogP contribution is -2.08. The van der Waals surface area contributed by atoms with Gasteiger partial charge in [0.1, 0.15) is 6.61 Å². The van der Waals surface area contributed by atoms with E-state index in [4.69, 9.17) is 4.74 Å². The Balaban J connectivity index is 1.76. The van der Waals surface area contributed by atoms with Crippen molar-refractivity contribution in [2.45, 2.75) is 32.4 Å². The smallest absolute Gasteiger partial charge is 0.165 e. The molecule has 2 aromatic carbocycles. The fourth-order valence-electron chi connectivity index (χ4n) is 2.92. The van der Waals surface area contributed by atoms with Gasteiger partial charge < -0.3 is 10.1 Å². The lowest BCUT2D eigenvalue weighted by Gasteiger charge is -2.13. The number of hydrogen-bond acceptors (Lipinski definition) is 2. The molecule has 21 heavy (non-hydrogen) atoms. The molecule has 1 N–H and O–H groups in total. The third-order valence-electron chi connectivity index (χ3n) is 3.96. The van der Waals surface area contributed by atoms with Crippen LogP contribution < -0.4 is 10.1 Å². The molecule has 2 aromatic rings. The van der Waals surface area contributed by atoms with Gasteiger partial charge >= 0.3 is 0 Å². The molecule has 0 fully saturated rings. The number of benzene rings is 2. The Morgan fingerprint density at radius 1 is 1.14 bits per heavy atom. The molecule has 1 aliphatic rings. The van der Waals surface area contributed by atoms with Gasteiger partial charge in [-0.3, -0.25) is 0 Å². The van der Waals surface area contributed by atoms with E-state index in [9.17, 15) is 4.39 Å². The molecule has 0 atom stereocenters. The molecule has 0 amide bonds. The third-order valence-corrected chi connectivity index (χ3v) is 3.96. The van der Waals surface area contributed by atoms with Crippen LogP contribution in [0.2, 0.25) is 0 Å². The van der Waals surface area contributed by atoms with E-state index >= 15 is 0 Å². The van der Waals surface area contributed by atoms with Crippen molar-refractivity contribution in [1.82, 2.24) is 5.32 Å². The van der Waals surface area contributed by atoms with Crippen LogP contribution in [0, 0.1) is 5.82 Å². The Morgan fingerprint density at radius 3 is 2.86 bits per heavy atom. The third kappa shape index (κ3) is 3.08. The van der Waals surface area contributed by atoms with Gasteiger partial charge in [-0.2, -0.15) is 0 Å². The standard InChI is InChI=1S/C18H20FNO/c1-20-11-16-6-3-7-17(19)18(16)21-12-13-8-9-14-4-2-5-15(14)10-13/h3,6-10,20H,2,4-5,11-12H2,1H3. The van der Waals surface area contributed by atoms with Crippen LogP contribution in [-0.4, -0.2) is 7.05 Å². The minimum Gasteiger partial charge on any atom is -0.485 e.